The molecule has 20 heavy (non-hydrogen) atoms. The monoisotopic (exact) mass is 268 g/mol. The molecular formula is C14H16N6. The normalized spacial score (nSPS) is 10.7. The summed E-state index contributed by atoms with van der Waals surface area (Å²) in [6, 6.07) is 7.99. The summed E-state index contributed by atoms with van der Waals surface area (Å²) in [5, 5.41) is 11.6. The average molecular weight is 268 g/mol. The Morgan fingerprint density at radius 3 is 2.50 bits per heavy atom. The number of hydrogen-bond donors (Lipinski definition) is 1. The highest BCUT2D eigenvalue weighted by atomic mass is 15.5. The summed E-state index contributed by atoms with van der Waals surface area (Å²) in [5.74, 6) is 1.03. The van der Waals surface area contributed by atoms with Gasteiger partial charge in [0.2, 0.25) is 0 Å². The first-order chi connectivity index (χ1) is 9.86. The van der Waals surface area contributed by atoms with Crippen molar-refractivity contribution in [3.63, 3.8) is 0 Å². The molecule has 1 aromatic carbocycles. The Hall–Kier alpha value is -2.63. The van der Waals surface area contributed by atoms with Crippen molar-refractivity contribution in [2.45, 2.75) is 20.0 Å². The lowest BCUT2D eigenvalue weighted by atomic mass is 10.3. The number of nitrogens with one attached hydrogen (secondary N) is 1. The molecule has 0 aliphatic heterocycles. The van der Waals surface area contributed by atoms with Gasteiger partial charge in [-0.15, -0.1) is 0 Å². The van der Waals surface area contributed by atoms with Crippen LogP contribution in [0.25, 0.3) is 5.69 Å². The standard InChI is InChI=1S/C14H16N6/c1-2-19-10-9-15-14(19)11-16-12-3-5-13(6-4-12)20-17-7-8-18-20/h3-10,16H,2,11H2,1H3. The summed E-state index contributed by atoms with van der Waals surface area (Å²) < 4.78 is 2.12. The molecule has 0 atom stereocenters. The van der Waals surface area contributed by atoms with Crippen LogP contribution in [0, 0.1) is 0 Å². The maximum absolute atomic E-state index is 4.34. The van der Waals surface area contributed by atoms with E-state index < -0.39 is 0 Å². The number of anilines is 1. The highest BCUT2D eigenvalue weighted by molar-refractivity contribution is 5.48. The molecule has 0 amide bonds. The van der Waals surface area contributed by atoms with Crippen molar-refractivity contribution >= 4 is 5.69 Å². The molecule has 6 nitrogen and oxygen atoms in total. The van der Waals surface area contributed by atoms with Crippen molar-refractivity contribution in [2.24, 2.45) is 0 Å². The molecule has 3 aromatic rings. The molecule has 0 aliphatic carbocycles. The van der Waals surface area contributed by atoms with Crippen LogP contribution in [0.15, 0.2) is 49.1 Å². The predicted octanol–water partition coefficient (Wildman–Crippen LogP) is 2.10. The van der Waals surface area contributed by atoms with Crippen LogP contribution in [0.5, 0.6) is 0 Å². The number of aromatic nitrogens is 5. The zero-order valence-electron chi connectivity index (χ0n) is 11.3. The van der Waals surface area contributed by atoms with Crippen LogP contribution in [0.1, 0.15) is 12.7 Å². The predicted molar refractivity (Wildman–Crippen MR) is 76.6 cm³/mol. The van der Waals surface area contributed by atoms with Gasteiger partial charge in [-0.2, -0.15) is 15.0 Å². The largest absolute Gasteiger partial charge is 0.378 e. The number of hydrogen-bond acceptors (Lipinski definition) is 4. The molecule has 2 aromatic heterocycles. The van der Waals surface area contributed by atoms with Gasteiger partial charge in [-0.1, -0.05) is 0 Å². The lowest BCUT2D eigenvalue weighted by molar-refractivity contribution is 0.708. The zero-order valence-corrected chi connectivity index (χ0v) is 11.3. The molecule has 0 radical (unpaired) electrons. The van der Waals surface area contributed by atoms with E-state index in [2.05, 4.69) is 32.0 Å². The number of benzene rings is 1. The Morgan fingerprint density at radius 1 is 1.05 bits per heavy atom. The molecule has 3 rings (SSSR count). The smallest absolute Gasteiger partial charge is 0.128 e. The van der Waals surface area contributed by atoms with Gasteiger partial charge >= 0.3 is 0 Å². The number of nitrogens with zero attached hydrogens (tertiary/aromatic N) is 5. The Morgan fingerprint density at radius 2 is 1.80 bits per heavy atom. The minimum absolute atomic E-state index is 0.709. The fourth-order valence-corrected chi connectivity index (χ4v) is 2.04. The second-order valence-electron chi connectivity index (χ2n) is 4.35. The summed E-state index contributed by atoms with van der Waals surface area (Å²) in [6.45, 7) is 3.75. The molecule has 6 heteroatoms. The summed E-state index contributed by atoms with van der Waals surface area (Å²) in [5.41, 5.74) is 1.99. The van der Waals surface area contributed by atoms with Gasteiger partial charge in [0.25, 0.3) is 0 Å². The van der Waals surface area contributed by atoms with Crippen LogP contribution in [0.2, 0.25) is 0 Å². The number of imidazole rings is 1. The van der Waals surface area contributed by atoms with E-state index in [1.807, 2.05) is 36.7 Å². The van der Waals surface area contributed by atoms with Gasteiger partial charge in [-0.3, -0.25) is 0 Å². The zero-order chi connectivity index (χ0) is 13.8. The van der Waals surface area contributed by atoms with E-state index in [9.17, 15) is 0 Å². The Kier molecular flexibility index (Phi) is 3.45. The van der Waals surface area contributed by atoms with Crippen molar-refractivity contribution in [3.05, 3.63) is 54.9 Å². The van der Waals surface area contributed by atoms with Crippen LogP contribution in [-0.4, -0.2) is 24.5 Å². The molecule has 1 N–H and O–H groups in total. The second kappa shape index (κ2) is 5.56. The van der Waals surface area contributed by atoms with Crippen LogP contribution in [0.3, 0.4) is 0 Å². The van der Waals surface area contributed by atoms with Gasteiger partial charge in [-0.25, -0.2) is 4.98 Å². The quantitative estimate of drug-likeness (QED) is 0.769. The Bertz CT molecular complexity index is 653. The van der Waals surface area contributed by atoms with Crippen LogP contribution in [-0.2, 0) is 13.1 Å². The van der Waals surface area contributed by atoms with Gasteiger partial charge in [0, 0.05) is 24.6 Å². The van der Waals surface area contributed by atoms with Crippen molar-refractivity contribution in [1.29, 1.82) is 0 Å². The molecule has 2 heterocycles. The third kappa shape index (κ3) is 2.54. The van der Waals surface area contributed by atoms with Crippen LogP contribution >= 0.6 is 0 Å². The highest BCUT2D eigenvalue weighted by Crippen LogP contribution is 2.12. The molecule has 0 fully saturated rings. The molecule has 0 saturated heterocycles. The van der Waals surface area contributed by atoms with E-state index in [1.54, 1.807) is 17.2 Å². The van der Waals surface area contributed by atoms with Gasteiger partial charge < -0.3 is 9.88 Å². The topological polar surface area (TPSA) is 60.6 Å². The number of rotatable bonds is 5. The van der Waals surface area contributed by atoms with E-state index in [0.717, 1.165) is 23.7 Å². The molecule has 0 unspecified atom stereocenters. The SMILES string of the molecule is CCn1ccnc1CNc1ccc(-n2nccn2)cc1. The van der Waals surface area contributed by atoms with Crippen molar-refractivity contribution < 1.29 is 0 Å². The summed E-state index contributed by atoms with van der Waals surface area (Å²) in [7, 11) is 0. The molecular weight excluding hydrogens is 252 g/mol. The number of aryl methyl sites for hydroxylation is 1. The minimum atomic E-state index is 0.709. The molecule has 102 valence electrons. The third-order valence-corrected chi connectivity index (χ3v) is 3.11. The van der Waals surface area contributed by atoms with Crippen LogP contribution < -0.4 is 5.32 Å². The van der Waals surface area contributed by atoms with Gasteiger partial charge in [0.15, 0.2) is 0 Å². The molecule has 0 bridgehead atoms. The van der Waals surface area contributed by atoms with Crippen molar-refractivity contribution in [3.8, 4) is 5.69 Å². The molecule has 0 saturated carbocycles. The Labute approximate surface area is 117 Å². The van der Waals surface area contributed by atoms with Gasteiger partial charge in [0.05, 0.1) is 24.6 Å². The minimum Gasteiger partial charge on any atom is -0.378 e. The van der Waals surface area contributed by atoms with E-state index in [0.29, 0.717) is 6.54 Å². The summed E-state index contributed by atoms with van der Waals surface area (Å²) in [4.78, 5) is 5.93. The van der Waals surface area contributed by atoms with E-state index in [1.165, 1.54) is 0 Å². The third-order valence-electron chi connectivity index (χ3n) is 3.11. The van der Waals surface area contributed by atoms with E-state index in [4.69, 9.17) is 0 Å². The first-order valence-corrected chi connectivity index (χ1v) is 6.57. The molecule has 0 spiro atoms. The second-order valence-corrected chi connectivity index (χ2v) is 4.35. The first kappa shape index (κ1) is 12.4. The highest BCUT2D eigenvalue weighted by Gasteiger charge is 2.01. The fourth-order valence-electron chi connectivity index (χ4n) is 2.04. The fraction of sp³-hybridized carbons (Fsp3) is 0.214. The first-order valence-electron chi connectivity index (χ1n) is 6.57. The maximum atomic E-state index is 4.34. The summed E-state index contributed by atoms with van der Waals surface area (Å²) >= 11 is 0. The van der Waals surface area contributed by atoms with E-state index >= 15 is 0 Å². The average Bonchev–Trinajstić information content (AvgIpc) is 3.16. The lowest BCUT2D eigenvalue weighted by Crippen LogP contribution is -2.07. The molecule has 0 aliphatic rings. The summed E-state index contributed by atoms with van der Waals surface area (Å²) in [6.07, 6.45) is 7.14. The lowest BCUT2D eigenvalue weighted by Gasteiger charge is -2.08. The maximum Gasteiger partial charge on any atom is 0.128 e. The van der Waals surface area contributed by atoms with Gasteiger partial charge in [-0.05, 0) is 31.2 Å². The van der Waals surface area contributed by atoms with Gasteiger partial charge in [0.1, 0.15) is 5.82 Å². The van der Waals surface area contributed by atoms with Crippen molar-refractivity contribution in [2.75, 3.05) is 5.32 Å². The Balaban J connectivity index is 1.67. The van der Waals surface area contributed by atoms with E-state index in [-0.39, 0.29) is 0 Å². The van der Waals surface area contributed by atoms with Crippen LogP contribution in [0.4, 0.5) is 5.69 Å². The van der Waals surface area contributed by atoms with Crippen molar-refractivity contribution in [1.82, 2.24) is 24.5 Å².